The Hall–Kier alpha value is -4.55. The maximum atomic E-state index is 14.0. The highest BCUT2D eigenvalue weighted by atomic mass is 32.1. The number of thiazole rings is 1. The largest absolute Gasteiger partial charge is 0.375 e. The van der Waals surface area contributed by atoms with Crippen molar-refractivity contribution in [3.8, 4) is 0 Å². The highest BCUT2D eigenvalue weighted by Crippen LogP contribution is 2.32. The van der Waals surface area contributed by atoms with Crippen LogP contribution in [0.1, 0.15) is 16.7 Å². The molecule has 2 atom stereocenters. The number of hydrogen-bond donors (Lipinski definition) is 2. The van der Waals surface area contributed by atoms with E-state index in [9.17, 15) is 18.8 Å². The number of benzene rings is 3. The third-order valence-corrected chi connectivity index (χ3v) is 8.60. The predicted molar refractivity (Wildman–Crippen MR) is 157 cm³/mol. The number of nitrogens with two attached hydrogens (primary N) is 1. The molecule has 2 fully saturated rings. The lowest BCUT2D eigenvalue weighted by atomic mass is 10.00. The molecule has 2 aliphatic rings. The lowest BCUT2D eigenvalue weighted by Crippen LogP contribution is -2.65. The number of urea groups is 1. The number of nitrogens with zero attached hydrogens (tertiary/aromatic N) is 5. The second-order valence-corrected chi connectivity index (χ2v) is 11.5. The van der Waals surface area contributed by atoms with Crippen molar-refractivity contribution < 1.29 is 18.8 Å². The number of nitrogen functional groups attached to an aromatic ring is 1. The maximum Gasteiger partial charge on any atom is 0.332 e. The molecular weight excluding hydrogens is 557 g/mol. The molecule has 2 aliphatic heterocycles. The second-order valence-electron chi connectivity index (χ2n) is 10.4. The summed E-state index contributed by atoms with van der Waals surface area (Å²) in [6, 6.07) is 20.0. The van der Waals surface area contributed by atoms with Crippen LogP contribution >= 0.6 is 11.3 Å². The number of aromatic nitrogens is 1. The Balaban J connectivity index is 1.28. The molecule has 3 aromatic carbocycles. The highest BCUT2D eigenvalue weighted by Gasteiger charge is 2.51. The fraction of sp³-hybridized carbons (Fsp3) is 0.267. The molecule has 42 heavy (non-hydrogen) atoms. The molecular formula is C30H30FN7O3S. The molecule has 1 aromatic heterocycles. The van der Waals surface area contributed by atoms with E-state index in [-0.39, 0.29) is 49.7 Å². The van der Waals surface area contributed by atoms with Crippen molar-refractivity contribution in [3.05, 3.63) is 95.3 Å². The van der Waals surface area contributed by atoms with Gasteiger partial charge in [-0.2, -0.15) is 5.01 Å². The van der Waals surface area contributed by atoms with Crippen molar-refractivity contribution in [1.29, 1.82) is 0 Å². The van der Waals surface area contributed by atoms with Crippen molar-refractivity contribution >= 4 is 44.5 Å². The van der Waals surface area contributed by atoms with Crippen LogP contribution < -0.4 is 11.1 Å². The Morgan fingerprint density at radius 3 is 2.60 bits per heavy atom. The molecule has 3 heterocycles. The molecule has 2 saturated heterocycles. The Morgan fingerprint density at radius 1 is 1.07 bits per heavy atom. The summed E-state index contributed by atoms with van der Waals surface area (Å²) in [5, 5.41) is 6.46. The van der Waals surface area contributed by atoms with E-state index in [0.717, 1.165) is 26.9 Å². The van der Waals surface area contributed by atoms with Crippen molar-refractivity contribution in [2.45, 2.75) is 31.7 Å². The van der Waals surface area contributed by atoms with Crippen LogP contribution in [0.15, 0.2) is 72.8 Å². The van der Waals surface area contributed by atoms with Gasteiger partial charge in [0.15, 0.2) is 5.13 Å². The lowest BCUT2D eigenvalue weighted by molar-refractivity contribution is -0.157. The minimum atomic E-state index is -0.827. The fourth-order valence-corrected chi connectivity index (χ4v) is 6.44. The number of para-hydroxylation sites is 1. The Bertz CT molecular complexity index is 1630. The maximum absolute atomic E-state index is 14.0. The van der Waals surface area contributed by atoms with Gasteiger partial charge in [0.2, 0.25) is 11.8 Å². The molecule has 0 unspecified atom stereocenters. The normalized spacial score (nSPS) is 18.9. The first-order valence-corrected chi connectivity index (χ1v) is 14.4. The summed E-state index contributed by atoms with van der Waals surface area (Å²) >= 11 is 1.38. The zero-order chi connectivity index (χ0) is 29.4. The second kappa shape index (κ2) is 11.4. The SMILES string of the molecule is CN(C(=O)NCc1ccccc1)N1CC(=O)N2[C@@H](Cc3ccc(F)cc3)C(=O)N(Cc3cccc4sc(N)nc34)C[C@@H]21. The number of carbonyl (C=O) groups excluding carboxylic acids is 3. The number of halogens is 1. The van der Waals surface area contributed by atoms with Gasteiger partial charge in [-0.1, -0.05) is 65.9 Å². The summed E-state index contributed by atoms with van der Waals surface area (Å²) < 4.78 is 14.6. The molecule has 0 aliphatic carbocycles. The lowest BCUT2D eigenvalue weighted by Gasteiger charge is -2.45. The Labute approximate surface area is 246 Å². The van der Waals surface area contributed by atoms with Gasteiger partial charge in [0.05, 0.1) is 23.3 Å². The van der Waals surface area contributed by atoms with E-state index >= 15 is 0 Å². The van der Waals surface area contributed by atoms with Gasteiger partial charge in [-0.25, -0.2) is 14.2 Å². The summed E-state index contributed by atoms with van der Waals surface area (Å²) in [6.07, 6.45) is -0.364. The smallest absolute Gasteiger partial charge is 0.332 e. The Kier molecular flexibility index (Phi) is 7.48. The fourth-order valence-electron chi connectivity index (χ4n) is 5.65. The minimum absolute atomic E-state index is 0.0564. The van der Waals surface area contributed by atoms with Crippen LogP contribution in [0.3, 0.4) is 0 Å². The number of hydrogen-bond acceptors (Lipinski definition) is 7. The average Bonchev–Trinajstić information content (AvgIpc) is 3.54. The number of rotatable bonds is 7. The van der Waals surface area contributed by atoms with Gasteiger partial charge in [-0.15, -0.1) is 0 Å². The van der Waals surface area contributed by atoms with Crippen LogP contribution in [0.2, 0.25) is 0 Å². The molecule has 12 heteroatoms. The third-order valence-electron chi connectivity index (χ3n) is 7.75. The summed E-state index contributed by atoms with van der Waals surface area (Å²) in [5.74, 6) is -0.852. The average molecular weight is 588 g/mol. The van der Waals surface area contributed by atoms with E-state index in [0.29, 0.717) is 11.7 Å². The van der Waals surface area contributed by atoms with Crippen molar-refractivity contribution in [1.82, 2.24) is 30.1 Å². The van der Waals surface area contributed by atoms with E-state index < -0.39 is 12.2 Å². The van der Waals surface area contributed by atoms with E-state index in [4.69, 9.17) is 5.73 Å². The van der Waals surface area contributed by atoms with E-state index in [1.165, 1.54) is 28.5 Å². The molecule has 0 radical (unpaired) electrons. The summed E-state index contributed by atoms with van der Waals surface area (Å²) in [4.78, 5) is 48.4. The molecule has 216 valence electrons. The number of amides is 4. The monoisotopic (exact) mass is 587 g/mol. The number of fused-ring (bicyclic) bond motifs is 2. The summed E-state index contributed by atoms with van der Waals surface area (Å²) in [7, 11) is 1.62. The minimum Gasteiger partial charge on any atom is -0.375 e. The molecule has 0 saturated carbocycles. The third kappa shape index (κ3) is 5.38. The van der Waals surface area contributed by atoms with Gasteiger partial charge >= 0.3 is 6.03 Å². The van der Waals surface area contributed by atoms with Gasteiger partial charge in [0.1, 0.15) is 18.0 Å². The number of anilines is 1. The van der Waals surface area contributed by atoms with E-state index in [2.05, 4.69) is 10.3 Å². The van der Waals surface area contributed by atoms with Gasteiger partial charge in [0, 0.05) is 26.6 Å². The van der Waals surface area contributed by atoms with Crippen LogP contribution in [0.5, 0.6) is 0 Å². The van der Waals surface area contributed by atoms with Crippen molar-refractivity contribution in [2.24, 2.45) is 0 Å². The van der Waals surface area contributed by atoms with Crippen LogP contribution in [-0.4, -0.2) is 75.0 Å². The first kappa shape index (κ1) is 27.6. The molecule has 4 amide bonds. The topological polar surface area (TPSA) is 115 Å². The van der Waals surface area contributed by atoms with Crippen LogP contribution in [0.25, 0.3) is 10.2 Å². The molecule has 3 N–H and O–H groups in total. The molecule has 6 rings (SSSR count). The van der Waals surface area contributed by atoms with Crippen molar-refractivity contribution in [2.75, 3.05) is 25.9 Å². The Morgan fingerprint density at radius 2 is 1.83 bits per heavy atom. The van der Waals surface area contributed by atoms with Crippen LogP contribution in [0, 0.1) is 5.82 Å². The van der Waals surface area contributed by atoms with E-state index in [1.54, 1.807) is 34.0 Å². The van der Waals surface area contributed by atoms with Gasteiger partial charge < -0.3 is 20.9 Å². The zero-order valence-corrected chi connectivity index (χ0v) is 23.8. The number of carbonyl (C=O) groups is 3. The van der Waals surface area contributed by atoms with Gasteiger partial charge in [-0.3, -0.25) is 14.6 Å². The van der Waals surface area contributed by atoms with Gasteiger partial charge in [-0.05, 0) is 34.9 Å². The first-order chi connectivity index (χ1) is 20.3. The highest BCUT2D eigenvalue weighted by molar-refractivity contribution is 7.22. The summed E-state index contributed by atoms with van der Waals surface area (Å²) in [5.41, 5.74) is 9.22. The van der Waals surface area contributed by atoms with Gasteiger partial charge in [0.25, 0.3) is 0 Å². The van der Waals surface area contributed by atoms with Crippen LogP contribution in [0.4, 0.5) is 14.3 Å². The zero-order valence-electron chi connectivity index (χ0n) is 22.9. The summed E-state index contributed by atoms with van der Waals surface area (Å²) in [6.45, 7) is 0.726. The first-order valence-electron chi connectivity index (χ1n) is 13.6. The van der Waals surface area contributed by atoms with E-state index in [1.807, 2.05) is 48.5 Å². The van der Waals surface area contributed by atoms with Crippen molar-refractivity contribution in [3.63, 3.8) is 0 Å². The molecule has 0 bridgehead atoms. The number of hydrazine groups is 1. The number of piperazine rings is 1. The quantitative estimate of drug-likeness (QED) is 0.343. The predicted octanol–water partition coefficient (Wildman–Crippen LogP) is 3.20. The standard InChI is InChI=1S/C30H30FN7O3S/c1-35(30(41)33-15-20-6-3-2-4-7-20)37-18-26(39)38-23(14-19-10-12-22(31)13-11-19)28(40)36(17-25(37)38)16-21-8-5-9-24-27(21)34-29(32)42-24/h2-13,23,25H,14-18H2,1H3,(H2,32,34)(H,33,41)/t23-,25+/m0/s1. The number of nitrogens with one attached hydrogen (secondary N) is 1. The van der Waals surface area contributed by atoms with Crippen LogP contribution in [-0.2, 0) is 29.1 Å². The molecule has 4 aromatic rings. The molecule has 0 spiro atoms. The molecule has 10 nitrogen and oxygen atoms in total.